The number of halogens is 2. The Bertz CT molecular complexity index is 1180. The molecule has 0 spiro atoms. The summed E-state index contributed by atoms with van der Waals surface area (Å²) in [6, 6.07) is 18.7. The molecule has 0 atom stereocenters. The van der Waals surface area contributed by atoms with Crippen LogP contribution in [0.2, 0.25) is 0 Å². The van der Waals surface area contributed by atoms with Gasteiger partial charge in [-0.15, -0.1) is 0 Å². The Balaban J connectivity index is 1.57. The Morgan fingerprint density at radius 3 is 2.46 bits per heavy atom. The van der Waals surface area contributed by atoms with Crippen molar-refractivity contribution in [1.82, 2.24) is 19.7 Å². The third-order valence-corrected chi connectivity index (χ3v) is 4.16. The monoisotopic (exact) mass is 373 g/mol. The van der Waals surface area contributed by atoms with Crippen molar-refractivity contribution >= 4 is 0 Å². The van der Waals surface area contributed by atoms with Crippen molar-refractivity contribution in [3.05, 3.63) is 95.7 Å². The van der Waals surface area contributed by atoms with Crippen LogP contribution in [-0.2, 0) is 6.42 Å². The summed E-state index contributed by atoms with van der Waals surface area (Å²) in [5, 5.41) is 13.4. The van der Waals surface area contributed by atoms with E-state index < -0.39 is 11.9 Å². The lowest BCUT2D eigenvalue weighted by Crippen LogP contribution is -1.99. The smallest absolute Gasteiger partial charge is 0.224 e. The predicted octanol–water partition coefficient (Wildman–Crippen LogP) is 4.07. The number of rotatable bonds is 4. The first-order valence-electron chi connectivity index (χ1n) is 8.46. The van der Waals surface area contributed by atoms with Crippen LogP contribution in [0.3, 0.4) is 0 Å². The quantitative estimate of drug-likeness (QED) is 0.506. The van der Waals surface area contributed by atoms with Gasteiger partial charge in [-0.05, 0) is 54.6 Å². The Hall–Kier alpha value is -3.92. The molecule has 3 aromatic heterocycles. The minimum atomic E-state index is -0.894. The third kappa shape index (κ3) is 3.62. The summed E-state index contributed by atoms with van der Waals surface area (Å²) in [6.45, 7) is 0. The molecule has 0 unspecified atom stereocenters. The van der Waals surface area contributed by atoms with Crippen LogP contribution < -0.4 is 0 Å². The summed E-state index contributed by atoms with van der Waals surface area (Å²) in [5.74, 6) is -1.76. The Morgan fingerprint density at radius 1 is 0.893 bits per heavy atom. The van der Waals surface area contributed by atoms with E-state index in [1.165, 1.54) is 6.07 Å². The molecule has 5 nitrogen and oxygen atoms in total. The van der Waals surface area contributed by atoms with Gasteiger partial charge in [0.2, 0.25) is 11.9 Å². The van der Waals surface area contributed by atoms with Gasteiger partial charge in [0.1, 0.15) is 0 Å². The third-order valence-electron chi connectivity index (χ3n) is 4.16. The second-order valence-electron chi connectivity index (χ2n) is 6.07. The molecule has 0 fully saturated rings. The highest BCUT2D eigenvalue weighted by molar-refractivity contribution is 5.58. The van der Waals surface area contributed by atoms with E-state index in [1.54, 1.807) is 28.9 Å². The van der Waals surface area contributed by atoms with Gasteiger partial charge < -0.3 is 0 Å². The van der Waals surface area contributed by atoms with Crippen molar-refractivity contribution in [2.24, 2.45) is 0 Å². The molecule has 0 saturated heterocycles. The molecular weight excluding hydrogens is 360 g/mol. The highest BCUT2D eigenvalue weighted by Crippen LogP contribution is 2.21. The molecule has 0 aliphatic carbocycles. The van der Waals surface area contributed by atoms with Crippen LogP contribution in [0.25, 0.3) is 16.9 Å². The summed E-state index contributed by atoms with van der Waals surface area (Å²) in [5.41, 5.74) is 3.43. The molecule has 0 amide bonds. The van der Waals surface area contributed by atoms with E-state index >= 15 is 0 Å². The average molecular weight is 373 g/mol. The van der Waals surface area contributed by atoms with E-state index in [4.69, 9.17) is 5.26 Å². The van der Waals surface area contributed by atoms with Crippen molar-refractivity contribution < 1.29 is 8.78 Å². The lowest BCUT2D eigenvalue weighted by atomic mass is 10.1. The molecule has 0 saturated carbocycles. The lowest BCUT2D eigenvalue weighted by Gasteiger charge is -2.05. The highest BCUT2D eigenvalue weighted by atomic mass is 19.1. The van der Waals surface area contributed by atoms with Crippen LogP contribution >= 0.6 is 0 Å². The molecule has 4 rings (SSSR count). The molecular formula is C21H13F2N5. The summed E-state index contributed by atoms with van der Waals surface area (Å²) in [7, 11) is 0. The minimum absolute atomic E-state index is 0.145. The molecule has 1 aromatic carbocycles. The van der Waals surface area contributed by atoms with E-state index in [9.17, 15) is 8.78 Å². The molecule has 7 heteroatoms. The number of pyridine rings is 2. The van der Waals surface area contributed by atoms with E-state index in [-0.39, 0.29) is 5.56 Å². The van der Waals surface area contributed by atoms with E-state index in [2.05, 4.69) is 21.1 Å². The minimum Gasteiger partial charge on any atom is -0.252 e. The van der Waals surface area contributed by atoms with Gasteiger partial charge >= 0.3 is 0 Å². The van der Waals surface area contributed by atoms with Crippen molar-refractivity contribution in [2.75, 3.05) is 0 Å². The summed E-state index contributed by atoms with van der Waals surface area (Å²) >= 11 is 0. The fourth-order valence-corrected chi connectivity index (χ4v) is 2.81. The van der Waals surface area contributed by atoms with Crippen molar-refractivity contribution in [3.8, 4) is 23.0 Å². The zero-order valence-corrected chi connectivity index (χ0v) is 14.5. The SMILES string of the molecule is N#Cc1ccc(-n2ccc(Cc3cccc(-c4ccc(F)nc4F)n3)n2)cc1. The standard InChI is InChI=1S/C21H13F2N5/c22-20-9-8-18(21(23)26-20)19-3-1-2-15(25-19)12-16-10-11-28(27-16)17-6-4-14(13-24)5-7-17/h1-11H,12H2. The van der Waals surface area contributed by atoms with Crippen molar-refractivity contribution in [2.45, 2.75) is 6.42 Å². The van der Waals surface area contributed by atoms with Gasteiger partial charge in [0, 0.05) is 18.3 Å². The molecule has 3 heterocycles. The Kier molecular flexibility index (Phi) is 4.60. The maximum absolute atomic E-state index is 13.9. The Labute approximate surface area is 159 Å². The number of aromatic nitrogens is 4. The van der Waals surface area contributed by atoms with Gasteiger partial charge in [0.05, 0.1) is 34.3 Å². The molecule has 4 aromatic rings. The van der Waals surface area contributed by atoms with Crippen LogP contribution in [0.15, 0.2) is 66.9 Å². The van der Waals surface area contributed by atoms with E-state index in [1.807, 2.05) is 30.5 Å². The van der Waals surface area contributed by atoms with Gasteiger partial charge in [0.15, 0.2) is 0 Å². The maximum Gasteiger partial charge on any atom is 0.224 e. The fraction of sp³-hybridized carbons (Fsp3) is 0.0476. The molecule has 0 radical (unpaired) electrons. The van der Waals surface area contributed by atoms with Crippen LogP contribution in [0.4, 0.5) is 8.78 Å². The molecule has 136 valence electrons. The van der Waals surface area contributed by atoms with Crippen LogP contribution in [0.5, 0.6) is 0 Å². The second-order valence-corrected chi connectivity index (χ2v) is 6.07. The molecule has 0 aliphatic rings. The zero-order chi connectivity index (χ0) is 19.5. The molecule has 0 aliphatic heterocycles. The van der Waals surface area contributed by atoms with Crippen LogP contribution in [-0.4, -0.2) is 19.7 Å². The van der Waals surface area contributed by atoms with E-state index in [0.717, 1.165) is 17.4 Å². The Morgan fingerprint density at radius 2 is 1.71 bits per heavy atom. The average Bonchev–Trinajstić information content (AvgIpc) is 3.17. The van der Waals surface area contributed by atoms with Crippen molar-refractivity contribution in [3.63, 3.8) is 0 Å². The summed E-state index contributed by atoms with van der Waals surface area (Å²) in [6.07, 6.45) is 2.28. The largest absolute Gasteiger partial charge is 0.252 e. The first kappa shape index (κ1) is 17.5. The molecule has 28 heavy (non-hydrogen) atoms. The zero-order valence-electron chi connectivity index (χ0n) is 14.5. The summed E-state index contributed by atoms with van der Waals surface area (Å²) in [4.78, 5) is 7.65. The first-order valence-corrected chi connectivity index (χ1v) is 8.46. The topological polar surface area (TPSA) is 67.4 Å². The number of hydrogen-bond donors (Lipinski definition) is 0. The molecule has 0 bridgehead atoms. The van der Waals surface area contributed by atoms with Gasteiger partial charge in [-0.2, -0.15) is 24.1 Å². The highest BCUT2D eigenvalue weighted by Gasteiger charge is 2.11. The van der Waals surface area contributed by atoms with Gasteiger partial charge in [-0.3, -0.25) is 4.98 Å². The number of benzene rings is 1. The maximum atomic E-state index is 13.9. The summed E-state index contributed by atoms with van der Waals surface area (Å²) < 4.78 is 28.6. The van der Waals surface area contributed by atoms with Gasteiger partial charge in [-0.1, -0.05) is 6.07 Å². The van der Waals surface area contributed by atoms with Crippen molar-refractivity contribution in [1.29, 1.82) is 5.26 Å². The first-order chi connectivity index (χ1) is 13.6. The second kappa shape index (κ2) is 7.37. The number of nitriles is 1. The lowest BCUT2D eigenvalue weighted by molar-refractivity contribution is 0.515. The number of hydrogen-bond acceptors (Lipinski definition) is 4. The van der Waals surface area contributed by atoms with E-state index in [0.29, 0.717) is 23.4 Å². The normalized spacial score (nSPS) is 10.6. The van der Waals surface area contributed by atoms with Crippen LogP contribution in [0.1, 0.15) is 17.0 Å². The van der Waals surface area contributed by atoms with Gasteiger partial charge in [0.25, 0.3) is 0 Å². The molecule has 0 N–H and O–H groups in total. The fourth-order valence-electron chi connectivity index (χ4n) is 2.81. The van der Waals surface area contributed by atoms with Crippen LogP contribution in [0, 0.1) is 23.2 Å². The van der Waals surface area contributed by atoms with Gasteiger partial charge in [-0.25, -0.2) is 4.68 Å². The predicted molar refractivity (Wildman–Crippen MR) is 98.5 cm³/mol. The number of nitrogens with zero attached hydrogens (tertiary/aromatic N) is 5.